The minimum atomic E-state index is -0.704. The molecule has 0 bridgehead atoms. The van der Waals surface area contributed by atoms with E-state index in [4.69, 9.17) is 9.94 Å². The van der Waals surface area contributed by atoms with Crippen LogP contribution in [0.15, 0.2) is 42.5 Å². The van der Waals surface area contributed by atoms with Gasteiger partial charge in [0.1, 0.15) is 5.75 Å². The van der Waals surface area contributed by atoms with E-state index in [-0.39, 0.29) is 5.56 Å². The molecule has 0 aromatic heterocycles. The smallest absolute Gasteiger partial charge is 0.274 e. The van der Waals surface area contributed by atoms with Crippen LogP contribution in [0.4, 0.5) is 5.69 Å². The molecule has 0 unspecified atom stereocenters. The van der Waals surface area contributed by atoms with E-state index < -0.39 is 11.8 Å². The Labute approximate surface area is 143 Å². The van der Waals surface area contributed by atoms with Crippen molar-refractivity contribution in [2.24, 2.45) is 0 Å². The highest BCUT2D eigenvalue weighted by atomic mass is 16.5. The molecule has 8 heteroatoms. The summed E-state index contributed by atoms with van der Waals surface area (Å²) in [6.07, 6.45) is 0.600. The van der Waals surface area contributed by atoms with Crippen molar-refractivity contribution in [3.05, 3.63) is 59.2 Å². The van der Waals surface area contributed by atoms with Crippen molar-refractivity contribution in [2.75, 3.05) is 12.4 Å². The maximum Gasteiger partial charge on any atom is 0.274 e. The van der Waals surface area contributed by atoms with E-state index >= 15 is 0 Å². The number of methoxy groups -OCH3 is 1. The molecule has 0 heterocycles. The molecule has 2 aromatic carbocycles. The maximum atomic E-state index is 12.4. The van der Waals surface area contributed by atoms with E-state index in [0.29, 0.717) is 30.0 Å². The molecule has 0 saturated heterocycles. The lowest BCUT2D eigenvalue weighted by Crippen LogP contribution is -2.19. The standard InChI is InChI=1S/C17H17N3O5/c1-25-15-7-6-13(17(23)20-24)8-14(15)19-16(22)12-4-2-11(3-5-12)9-18-10-21/h2-8,10,24H,9H2,1H3,(H,18,21)(H,19,22)(H,20,23). The normalized spacial score (nSPS) is 9.84. The Kier molecular flexibility index (Phi) is 6.08. The van der Waals surface area contributed by atoms with Crippen LogP contribution in [-0.4, -0.2) is 30.5 Å². The topological polar surface area (TPSA) is 117 Å². The van der Waals surface area contributed by atoms with Crippen LogP contribution in [0.3, 0.4) is 0 Å². The van der Waals surface area contributed by atoms with Crippen LogP contribution in [0.2, 0.25) is 0 Å². The number of rotatable bonds is 7. The van der Waals surface area contributed by atoms with Crippen molar-refractivity contribution in [1.29, 1.82) is 0 Å². The Bertz CT molecular complexity index is 774. The van der Waals surface area contributed by atoms with Gasteiger partial charge in [0.05, 0.1) is 12.8 Å². The molecule has 0 aliphatic carbocycles. The van der Waals surface area contributed by atoms with E-state index in [2.05, 4.69) is 10.6 Å². The number of benzene rings is 2. The molecule has 0 aliphatic rings. The first-order chi connectivity index (χ1) is 12.1. The minimum Gasteiger partial charge on any atom is -0.495 e. The van der Waals surface area contributed by atoms with Gasteiger partial charge in [0.15, 0.2) is 0 Å². The summed E-state index contributed by atoms with van der Waals surface area (Å²) in [4.78, 5) is 34.2. The van der Waals surface area contributed by atoms with Crippen molar-refractivity contribution < 1.29 is 24.3 Å². The average Bonchev–Trinajstić information content (AvgIpc) is 2.66. The van der Waals surface area contributed by atoms with Gasteiger partial charge in [-0.15, -0.1) is 0 Å². The number of carbonyl (C=O) groups excluding carboxylic acids is 3. The first kappa shape index (κ1) is 18.0. The first-order valence-corrected chi connectivity index (χ1v) is 7.29. The molecule has 0 atom stereocenters. The zero-order chi connectivity index (χ0) is 18.2. The monoisotopic (exact) mass is 343 g/mol. The van der Waals surface area contributed by atoms with Crippen LogP contribution in [0, 0.1) is 0 Å². The van der Waals surface area contributed by atoms with Gasteiger partial charge in [0.25, 0.3) is 11.8 Å². The Morgan fingerprint density at radius 1 is 1.08 bits per heavy atom. The summed E-state index contributed by atoms with van der Waals surface area (Å²) in [7, 11) is 1.44. The fraction of sp³-hybridized carbons (Fsp3) is 0.118. The van der Waals surface area contributed by atoms with Gasteiger partial charge >= 0.3 is 0 Å². The fourth-order valence-corrected chi connectivity index (χ4v) is 2.14. The van der Waals surface area contributed by atoms with Crippen LogP contribution in [0.5, 0.6) is 5.75 Å². The summed E-state index contributed by atoms with van der Waals surface area (Å²) < 4.78 is 5.16. The number of nitrogens with one attached hydrogen (secondary N) is 3. The van der Waals surface area contributed by atoms with Gasteiger partial charge in [-0.1, -0.05) is 12.1 Å². The van der Waals surface area contributed by atoms with E-state index in [0.717, 1.165) is 5.56 Å². The lowest BCUT2D eigenvalue weighted by Gasteiger charge is -2.12. The molecule has 4 N–H and O–H groups in total. The molecule has 25 heavy (non-hydrogen) atoms. The summed E-state index contributed by atoms with van der Waals surface area (Å²) in [6.45, 7) is 0.373. The molecule has 0 radical (unpaired) electrons. The third kappa shape index (κ3) is 4.55. The second kappa shape index (κ2) is 8.46. The molecule has 3 amide bonds. The van der Waals surface area contributed by atoms with Crippen molar-refractivity contribution in [3.8, 4) is 5.75 Å². The van der Waals surface area contributed by atoms with E-state index in [1.54, 1.807) is 24.3 Å². The van der Waals surface area contributed by atoms with Gasteiger partial charge in [0, 0.05) is 17.7 Å². The van der Waals surface area contributed by atoms with Crippen LogP contribution >= 0.6 is 0 Å². The molecular formula is C17H17N3O5. The lowest BCUT2D eigenvalue weighted by molar-refractivity contribution is -0.109. The molecule has 0 spiro atoms. The summed E-state index contributed by atoms with van der Waals surface area (Å²) in [6, 6.07) is 11.0. The van der Waals surface area contributed by atoms with Gasteiger partial charge in [-0.3, -0.25) is 19.6 Å². The maximum absolute atomic E-state index is 12.4. The van der Waals surface area contributed by atoms with Gasteiger partial charge in [0.2, 0.25) is 6.41 Å². The van der Waals surface area contributed by atoms with Crippen molar-refractivity contribution in [3.63, 3.8) is 0 Å². The van der Waals surface area contributed by atoms with Gasteiger partial charge < -0.3 is 15.4 Å². The SMILES string of the molecule is COc1ccc(C(=O)NO)cc1NC(=O)c1ccc(CNC=O)cc1. The highest BCUT2D eigenvalue weighted by Crippen LogP contribution is 2.26. The van der Waals surface area contributed by atoms with Crippen molar-refractivity contribution in [2.45, 2.75) is 6.54 Å². The van der Waals surface area contributed by atoms with Gasteiger partial charge in [-0.05, 0) is 35.9 Å². The average molecular weight is 343 g/mol. The molecule has 2 rings (SSSR count). The number of carbonyl (C=O) groups is 3. The fourth-order valence-electron chi connectivity index (χ4n) is 2.14. The highest BCUT2D eigenvalue weighted by molar-refractivity contribution is 6.06. The third-order valence-electron chi connectivity index (χ3n) is 3.42. The molecule has 0 fully saturated rings. The number of hydroxylamine groups is 1. The number of ether oxygens (including phenoxy) is 1. The van der Waals surface area contributed by atoms with Crippen molar-refractivity contribution >= 4 is 23.9 Å². The summed E-state index contributed by atoms with van der Waals surface area (Å²) in [5.41, 5.74) is 3.23. The van der Waals surface area contributed by atoms with Crippen molar-refractivity contribution in [1.82, 2.24) is 10.8 Å². The molecule has 2 aromatic rings. The summed E-state index contributed by atoms with van der Waals surface area (Å²) >= 11 is 0. The predicted octanol–water partition coefficient (Wildman–Crippen LogP) is 1.31. The first-order valence-electron chi connectivity index (χ1n) is 7.29. The van der Waals surface area contributed by atoms with Crippen LogP contribution in [-0.2, 0) is 11.3 Å². The van der Waals surface area contributed by atoms with Crippen LogP contribution in [0.1, 0.15) is 26.3 Å². The van der Waals surface area contributed by atoms with Crippen LogP contribution < -0.4 is 20.9 Å². The highest BCUT2D eigenvalue weighted by Gasteiger charge is 2.13. The Balaban J connectivity index is 2.18. The number of hydrogen-bond acceptors (Lipinski definition) is 5. The lowest BCUT2D eigenvalue weighted by atomic mass is 10.1. The predicted molar refractivity (Wildman–Crippen MR) is 89.5 cm³/mol. The number of hydrogen-bond donors (Lipinski definition) is 4. The zero-order valence-corrected chi connectivity index (χ0v) is 13.4. The Morgan fingerprint density at radius 3 is 2.36 bits per heavy atom. The molecular weight excluding hydrogens is 326 g/mol. The van der Waals surface area contributed by atoms with Gasteiger partial charge in [-0.2, -0.15) is 0 Å². The molecule has 0 saturated carbocycles. The second-order valence-electron chi connectivity index (χ2n) is 5.01. The summed E-state index contributed by atoms with van der Waals surface area (Å²) in [5, 5.41) is 13.9. The van der Waals surface area contributed by atoms with E-state index in [9.17, 15) is 14.4 Å². The Morgan fingerprint density at radius 2 is 1.76 bits per heavy atom. The zero-order valence-electron chi connectivity index (χ0n) is 13.4. The van der Waals surface area contributed by atoms with Crippen LogP contribution in [0.25, 0.3) is 0 Å². The largest absolute Gasteiger partial charge is 0.495 e. The molecule has 0 aliphatic heterocycles. The molecule has 130 valence electrons. The third-order valence-corrected chi connectivity index (χ3v) is 3.42. The number of anilines is 1. The minimum absolute atomic E-state index is 0.161. The molecule has 8 nitrogen and oxygen atoms in total. The number of amides is 3. The summed E-state index contributed by atoms with van der Waals surface area (Å²) in [5.74, 6) is -0.727. The second-order valence-corrected chi connectivity index (χ2v) is 5.01. The Hall–Kier alpha value is -3.39. The van der Waals surface area contributed by atoms with E-state index in [1.807, 2.05) is 0 Å². The quantitative estimate of drug-likeness (QED) is 0.344. The van der Waals surface area contributed by atoms with Gasteiger partial charge in [-0.25, -0.2) is 5.48 Å². The van der Waals surface area contributed by atoms with E-state index in [1.165, 1.54) is 30.8 Å².